The highest BCUT2D eigenvalue weighted by Gasteiger charge is 2.32. The van der Waals surface area contributed by atoms with Gasteiger partial charge in [0.15, 0.2) is 0 Å². The SMILES string of the molecule is CCOc1ccc(C(=O)NCCNc2ccc(C(F)(F)F)cc2[N+](=O)[O-])cc1. The van der Waals surface area contributed by atoms with E-state index in [9.17, 15) is 28.1 Å². The molecule has 0 fully saturated rings. The molecule has 0 saturated carbocycles. The third kappa shape index (κ3) is 5.60. The molecule has 0 bridgehead atoms. The minimum Gasteiger partial charge on any atom is -0.494 e. The van der Waals surface area contributed by atoms with Gasteiger partial charge in [-0.2, -0.15) is 13.2 Å². The zero-order chi connectivity index (χ0) is 20.7. The first-order valence-electron chi connectivity index (χ1n) is 8.33. The van der Waals surface area contributed by atoms with E-state index in [0.29, 0.717) is 24.0 Å². The predicted molar refractivity (Wildman–Crippen MR) is 96.5 cm³/mol. The fraction of sp³-hybridized carbons (Fsp3) is 0.278. The molecule has 0 saturated heterocycles. The van der Waals surface area contributed by atoms with Gasteiger partial charge in [0.25, 0.3) is 11.6 Å². The normalized spacial score (nSPS) is 11.0. The van der Waals surface area contributed by atoms with Crippen LogP contribution in [-0.4, -0.2) is 30.5 Å². The number of nitrogens with zero attached hydrogens (tertiary/aromatic N) is 1. The van der Waals surface area contributed by atoms with Crippen molar-refractivity contribution in [2.75, 3.05) is 25.0 Å². The Morgan fingerprint density at radius 3 is 2.39 bits per heavy atom. The lowest BCUT2D eigenvalue weighted by atomic mass is 10.1. The highest BCUT2D eigenvalue weighted by atomic mass is 19.4. The Morgan fingerprint density at radius 2 is 1.82 bits per heavy atom. The number of carbonyl (C=O) groups excluding carboxylic acids is 1. The molecule has 0 heterocycles. The number of hydrogen-bond acceptors (Lipinski definition) is 5. The molecular weight excluding hydrogens is 379 g/mol. The van der Waals surface area contributed by atoms with Gasteiger partial charge in [-0.3, -0.25) is 14.9 Å². The van der Waals surface area contributed by atoms with Crippen LogP contribution in [-0.2, 0) is 6.18 Å². The standard InChI is InChI=1S/C18H18F3N3O4/c1-2-28-14-6-3-12(4-7-14)17(25)23-10-9-22-15-8-5-13(18(19,20)21)11-16(15)24(26)27/h3-8,11,22H,2,9-10H2,1H3,(H,23,25). The first kappa shape index (κ1) is 21.0. The van der Waals surface area contributed by atoms with Gasteiger partial charge in [-0.05, 0) is 43.3 Å². The van der Waals surface area contributed by atoms with Crippen molar-refractivity contribution in [2.45, 2.75) is 13.1 Å². The van der Waals surface area contributed by atoms with Crippen molar-refractivity contribution in [1.82, 2.24) is 5.32 Å². The highest BCUT2D eigenvalue weighted by molar-refractivity contribution is 5.94. The first-order valence-corrected chi connectivity index (χ1v) is 8.33. The number of nitrogens with one attached hydrogen (secondary N) is 2. The van der Waals surface area contributed by atoms with Crippen molar-refractivity contribution in [2.24, 2.45) is 0 Å². The fourth-order valence-electron chi connectivity index (χ4n) is 2.35. The number of amides is 1. The quantitative estimate of drug-likeness (QED) is 0.401. The maximum atomic E-state index is 12.7. The Bertz CT molecular complexity index is 839. The number of benzene rings is 2. The molecule has 150 valence electrons. The maximum absolute atomic E-state index is 12.7. The van der Waals surface area contributed by atoms with Gasteiger partial charge in [0.05, 0.1) is 17.1 Å². The second-order valence-electron chi connectivity index (χ2n) is 5.63. The van der Waals surface area contributed by atoms with E-state index in [1.165, 1.54) is 0 Å². The summed E-state index contributed by atoms with van der Waals surface area (Å²) in [4.78, 5) is 22.2. The van der Waals surface area contributed by atoms with Crippen LogP contribution in [0.2, 0.25) is 0 Å². The molecule has 1 amide bonds. The number of hydrogen-bond donors (Lipinski definition) is 2. The van der Waals surface area contributed by atoms with Crippen LogP contribution in [0.5, 0.6) is 5.75 Å². The fourth-order valence-corrected chi connectivity index (χ4v) is 2.35. The van der Waals surface area contributed by atoms with Crippen LogP contribution >= 0.6 is 0 Å². The number of ether oxygens (including phenoxy) is 1. The number of nitro benzene ring substituents is 1. The Morgan fingerprint density at radius 1 is 1.14 bits per heavy atom. The number of nitro groups is 1. The average molecular weight is 397 g/mol. The van der Waals surface area contributed by atoms with Crippen molar-refractivity contribution in [1.29, 1.82) is 0 Å². The molecule has 0 radical (unpaired) electrons. The van der Waals surface area contributed by atoms with Crippen molar-refractivity contribution < 1.29 is 27.6 Å². The first-order chi connectivity index (χ1) is 13.2. The van der Waals surface area contributed by atoms with Crippen LogP contribution in [0.1, 0.15) is 22.8 Å². The van der Waals surface area contributed by atoms with Gasteiger partial charge in [-0.1, -0.05) is 0 Å². The predicted octanol–water partition coefficient (Wildman–Crippen LogP) is 3.85. The molecule has 2 rings (SSSR count). The maximum Gasteiger partial charge on any atom is 0.416 e. The molecule has 0 aliphatic carbocycles. The average Bonchev–Trinajstić information content (AvgIpc) is 2.65. The molecule has 0 aromatic heterocycles. The van der Waals surface area contributed by atoms with Gasteiger partial charge in [0.1, 0.15) is 11.4 Å². The molecule has 7 nitrogen and oxygen atoms in total. The topological polar surface area (TPSA) is 93.5 Å². The number of alkyl halides is 3. The van der Waals surface area contributed by atoms with Crippen molar-refractivity contribution in [3.63, 3.8) is 0 Å². The zero-order valence-corrected chi connectivity index (χ0v) is 14.9. The number of carbonyl (C=O) groups is 1. The molecule has 0 unspecified atom stereocenters. The Kier molecular flexibility index (Phi) is 6.80. The van der Waals surface area contributed by atoms with Crippen molar-refractivity contribution in [3.8, 4) is 5.75 Å². The minimum atomic E-state index is -4.67. The summed E-state index contributed by atoms with van der Waals surface area (Å²) in [5.74, 6) is 0.280. The van der Waals surface area contributed by atoms with Crippen LogP contribution in [0.25, 0.3) is 0 Å². The largest absolute Gasteiger partial charge is 0.494 e. The number of halogens is 3. The van der Waals surface area contributed by atoms with E-state index in [-0.39, 0.29) is 24.7 Å². The van der Waals surface area contributed by atoms with Crippen LogP contribution in [0.15, 0.2) is 42.5 Å². The third-order valence-corrected chi connectivity index (χ3v) is 3.68. The zero-order valence-electron chi connectivity index (χ0n) is 14.9. The molecule has 2 aromatic carbocycles. The molecule has 2 aromatic rings. The molecule has 28 heavy (non-hydrogen) atoms. The smallest absolute Gasteiger partial charge is 0.416 e. The minimum absolute atomic E-state index is 0.0617. The summed E-state index contributed by atoms with van der Waals surface area (Å²) in [5.41, 5.74) is -1.45. The van der Waals surface area contributed by atoms with Crippen LogP contribution < -0.4 is 15.4 Å². The molecule has 0 aliphatic rings. The summed E-state index contributed by atoms with van der Waals surface area (Å²) in [7, 11) is 0. The molecular formula is C18H18F3N3O4. The van der Waals surface area contributed by atoms with E-state index in [0.717, 1.165) is 12.1 Å². The monoisotopic (exact) mass is 397 g/mol. The van der Waals surface area contributed by atoms with Gasteiger partial charge in [-0.15, -0.1) is 0 Å². The summed E-state index contributed by atoms with van der Waals surface area (Å²) >= 11 is 0. The molecule has 0 spiro atoms. The van der Waals surface area contributed by atoms with Crippen LogP contribution in [0, 0.1) is 10.1 Å². The summed E-state index contributed by atoms with van der Waals surface area (Å²) in [6, 6.07) is 8.72. The second kappa shape index (κ2) is 9.07. The van der Waals surface area contributed by atoms with Gasteiger partial charge < -0.3 is 15.4 Å². The Balaban J connectivity index is 1.92. The lowest BCUT2D eigenvalue weighted by Gasteiger charge is -2.11. The number of rotatable bonds is 8. The molecule has 2 N–H and O–H groups in total. The van der Waals surface area contributed by atoms with Gasteiger partial charge in [0.2, 0.25) is 0 Å². The summed E-state index contributed by atoms with van der Waals surface area (Å²) in [6.45, 7) is 2.56. The summed E-state index contributed by atoms with van der Waals surface area (Å²) in [5, 5.41) is 16.3. The van der Waals surface area contributed by atoms with E-state index >= 15 is 0 Å². The molecule has 10 heteroatoms. The van der Waals surface area contributed by atoms with Gasteiger partial charge >= 0.3 is 6.18 Å². The van der Waals surface area contributed by atoms with Crippen molar-refractivity contribution >= 4 is 17.3 Å². The Hall–Kier alpha value is -3.30. The van der Waals surface area contributed by atoms with Gasteiger partial charge in [-0.25, -0.2) is 0 Å². The van der Waals surface area contributed by atoms with E-state index in [4.69, 9.17) is 4.74 Å². The summed E-state index contributed by atoms with van der Waals surface area (Å²) < 4.78 is 43.3. The number of anilines is 1. The lowest BCUT2D eigenvalue weighted by Crippen LogP contribution is -2.28. The lowest BCUT2D eigenvalue weighted by molar-refractivity contribution is -0.384. The van der Waals surface area contributed by atoms with Crippen molar-refractivity contribution in [3.05, 3.63) is 63.7 Å². The van der Waals surface area contributed by atoms with Crippen LogP contribution in [0.4, 0.5) is 24.5 Å². The van der Waals surface area contributed by atoms with E-state index in [1.807, 2.05) is 6.92 Å². The van der Waals surface area contributed by atoms with E-state index < -0.39 is 22.4 Å². The summed E-state index contributed by atoms with van der Waals surface area (Å²) in [6.07, 6.45) is -4.67. The Labute approximate surface area is 158 Å². The van der Waals surface area contributed by atoms with E-state index in [1.54, 1.807) is 24.3 Å². The molecule has 0 aliphatic heterocycles. The third-order valence-electron chi connectivity index (χ3n) is 3.68. The second-order valence-corrected chi connectivity index (χ2v) is 5.63. The molecule has 0 atom stereocenters. The highest BCUT2D eigenvalue weighted by Crippen LogP contribution is 2.34. The van der Waals surface area contributed by atoms with E-state index in [2.05, 4.69) is 10.6 Å². The van der Waals surface area contributed by atoms with Gasteiger partial charge in [0, 0.05) is 24.7 Å². The van der Waals surface area contributed by atoms with Crippen LogP contribution in [0.3, 0.4) is 0 Å².